The van der Waals surface area contributed by atoms with E-state index in [0.29, 0.717) is 13.0 Å². The van der Waals surface area contributed by atoms with Crippen LogP contribution in [0.15, 0.2) is 42.7 Å². The second-order valence-corrected chi connectivity index (χ2v) is 5.70. The van der Waals surface area contributed by atoms with E-state index in [2.05, 4.69) is 10.3 Å². The molecule has 2 rings (SSSR count). The zero-order valence-corrected chi connectivity index (χ0v) is 13.9. The third kappa shape index (κ3) is 4.68. The molecule has 0 aliphatic heterocycles. The third-order valence-electron chi connectivity index (χ3n) is 3.23. The van der Waals surface area contributed by atoms with Gasteiger partial charge in [-0.05, 0) is 36.2 Å². The van der Waals surface area contributed by atoms with Gasteiger partial charge in [-0.25, -0.2) is 0 Å². The number of aromatic nitrogens is 1. The number of hydrogen-bond acceptors (Lipinski definition) is 3. The van der Waals surface area contributed by atoms with Gasteiger partial charge in [-0.15, -0.1) is 0 Å². The SMILES string of the molecule is CN(CCc1ccncc1)C(=O)C(=O)Nc1c(Cl)cccc1Cl. The Morgan fingerprint density at radius 2 is 1.74 bits per heavy atom. The van der Waals surface area contributed by atoms with E-state index in [1.807, 2.05) is 12.1 Å². The largest absolute Gasteiger partial charge is 0.337 e. The fourth-order valence-corrected chi connectivity index (χ4v) is 2.40. The number of anilines is 1. The highest BCUT2D eigenvalue weighted by atomic mass is 35.5. The van der Waals surface area contributed by atoms with Crippen molar-refractivity contribution in [3.05, 3.63) is 58.3 Å². The third-order valence-corrected chi connectivity index (χ3v) is 3.86. The van der Waals surface area contributed by atoms with Crippen molar-refractivity contribution >= 4 is 40.7 Å². The van der Waals surface area contributed by atoms with Crippen LogP contribution < -0.4 is 5.32 Å². The van der Waals surface area contributed by atoms with Crippen LogP contribution in [0.25, 0.3) is 0 Å². The highest BCUT2D eigenvalue weighted by Crippen LogP contribution is 2.29. The van der Waals surface area contributed by atoms with E-state index >= 15 is 0 Å². The number of likely N-dealkylation sites (N-methyl/N-ethyl adjacent to an activating group) is 1. The van der Waals surface area contributed by atoms with Gasteiger partial charge in [-0.3, -0.25) is 14.6 Å². The summed E-state index contributed by atoms with van der Waals surface area (Å²) < 4.78 is 0. The highest BCUT2D eigenvalue weighted by molar-refractivity contribution is 6.44. The van der Waals surface area contributed by atoms with Crippen molar-refractivity contribution in [3.8, 4) is 0 Å². The number of hydrogen-bond donors (Lipinski definition) is 1. The Labute approximate surface area is 144 Å². The number of benzene rings is 1. The molecule has 0 unspecified atom stereocenters. The van der Waals surface area contributed by atoms with E-state index in [0.717, 1.165) is 5.56 Å². The maximum atomic E-state index is 12.1. The van der Waals surface area contributed by atoms with Gasteiger partial charge < -0.3 is 10.2 Å². The first kappa shape index (κ1) is 17.2. The lowest BCUT2D eigenvalue weighted by Gasteiger charge is -2.17. The van der Waals surface area contributed by atoms with Gasteiger partial charge in [0, 0.05) is 26.0 Å². The minimum absolute atomic E-state index is 0.233. The molecular weight excluding hydrogens is 337 g/mol. The Kier molecular flexibility index (Phi) is 5.96. The smallest absolute Gasteiger partial charge is 0.313 e. The van der Waals surface area contributed by atoms with Crippen molar-refractivity contribution in [1.82, 2.24) is 9.88 Å². The predicted octanol–water partition coefficient (Wildman–Crippen LogP) is 3.03. The maximum Gasteiger partial charge on any atom is 0.313 e. The van der Waals surface area contributed by atoms with Crippen molar-refractivity contribution in [3.63, 3.8) is 0 Å². The number of para-hydroxylation sites is 1. The van der Waals surface area contributed by atoms with E-state index in [-0.39, 0.29) is 15.7 Å². The second-order valence-electron chi connectivity index (χ2n) is 4.88. The van der Waals surface area contributed by atoms with Crippen LogP contribution in [0.5, 0.6) is 0 Å². The molecule has 1 heterocycles. The molecule has 23 heavy (non-hydrogen) atoms. The Hall–Kier alpha value is -2.11. The zero-order chi connectivity index (χ0) is 16.8. The molecule has 2 amide bonds. The highest BCUT2D eigenvalue weighted by Gasteiger charge is 2.20. The predicted molar refractivity (Wildman–Crippen MR) is 90.7 cm³/mol. The summed E-state index contributed by atoms with van der Waals surface area (Å²) in [5.74, 6) is -1.44. The Balaban J connectivity index is 1.95. The van der Waals surface area contributed by atoms with Crippen LogP contribution in [0.2, 0.25) is 10.0 Å². The maximum absolute atomic E-state index is 12.1. The number of rotatable bonds is 4. The lowest BCUT2D eigenvalue weighted by atomic mass is 10.2. The van der Waals surface area contributed by atoms with Crippen molar-refractivity contribution in [2.45, 2.75) is 6.42 Å². The first-order valence-corrected chi connectivity index (χ1v) is 7.64. The molecule has 0 aliphatic rings. The molecule has 0 saturated heterocycles. The minimum atomic E-state index is -0.780. The summed E-state index contributed by atoms with van der Waals surface area (Å²) in [5, 5.41) is 3.01. The summed E-state index contributed by atoms with van der Waals surface area (Å²) in [6, 6.07) is 8.55. The average molecular weight is 352 g/mol. The Morgan fingerprint density at radius 1 is 1.13 bits per heavy atom. The molecule has 0 aliphatic carbocycles. The molecule has 0 atom stereocenters. The second kappa shape index (κ2) is 7.94. The van der Waals surface area contributed by atoms with E-state index in [1.54, 1.807) is 37.6 Å². The molecule has 120 valence electrons. The number of pyridine rings is 1. The molecule has 0 bridgehead atoms. The number of carbonyl (C=O) groups excluding carboxylic acids is 2. The van der Waals surface area contributed by atoms with Crippen LogP contribution in [-0.4, -0.2) is 35.3 Å². The van der Waals surface area contributed by atoms with Gasteiger partial charge in [0.05, 0.1) is 15.7 Å². The molecule has 0 fully saturated rings. The van der Waals surface area contributed by atoms with Gasteiger partial charge in [-0.2, -0.15) is 0 Å². The fourth-order valence-electron chi connectivity index (χ4n) is 1.91. The van der Waals surface area contributed by atoms with Crippen LogP contribution in [-0.2, 0) is 16.0 Å². The van der Waals surface area contributed by atoms with Gasteiger partial charge in [-0.1, -0.05) is 29.3 Å². The molecular formula is C16H15Cl2N3O2. The quantitative estimate of drug-likeness (QED) is 0.861. The number of halogens is 2. The van der Waals surface area contributed by atoms with Gasteiger partial charge in [0.1, 0.15) is 0 Å². The number of amides is 2. The number of nitrogens with zero attached hydrogens (tertiary/aromatic N) is 2. The van der Waals surface area contributed by atoms with Gasteiger partial charge in [0.25, 0.3) is 0 Å². The van der Waals surface area contributed by atoms with E-state index in [4.69, 9.17) is 23.2 Å². The number of carbonyl (C=O) groups is 2. The summed E-state index contributed by atoms with van der Waals surface area (Å²) in [5.41, 5.74) is 1.27. The molecule has 2 aromatic rings. The normalized spacial score (nSPS) is 10.2. The summed E-state index contributed by atoms with van der Waals surface area (Å²) in [7, 11) is 1.57. The average Bonchev–Trinajstić information content (AvgIpc) is 2.56. The summed E-state index contributed by atoms with van der Waals surface area (Å²) in [6.07, 6.45) is 4.00. The molecule has 1 N–H and O–H groups in total. The van der Waals surface area contributed by atoms with Crippen molar-refractivity contribution in [2.75, 3.05) is 18.9 Å². The topological polar surface area (TPSA) is 62.3 Å². The minimum Gasteiger partial charge on any atom is -0.337 e. The lowest BCUT2D eigenvalue weighted by molar-refractivity contribution is -0.142. The van der Waals surface area contributed by atoms with Crippen LogP contribution in [0.1, 0.15) is 5.56 Å². The summed E-state index contributed by atoms with van der Waals surface area (Å²) in [4.78, 5) is 29.4. The molecule has 5 nitrogen and oxygen atoms in total. The standard InChI is InChI=1S/C16H15Cl2N3O2/c1-21(10-7-11-5-8-19-9-6-11)16(23)15(22)20-14-12(17)3-2-4-13(14)18/h2-6,8-9H,7,10H2,1H3,(H,20,22). The molecule has 0 saturated carbocycles. The molecule has 7 heteroatoms. The van der Waals surface area contributed by atoms with Crippen molar-refractivity contribution in [2.24, 2.45) is 0 Å². The van der Waals surface area contributed by atoms with Gasteiger partial charge >= 0.3 is 11.8 Å². The van der Waals surface area contributed by atoms with Gasteiger partial charge in [0.15, 0.2) is 0 Å². The Bertz CT molecular complexity index is 687. The lowest BCUT2D eigenvalue weighted by Crippen LogP contribution is -2.38. The zero-order valence-electron chi connectivity index (χ0n) is 12.4. The van der Waals surface area contributed by atoms with Crippen LogP contribution in [0.4, 0.5) is 5.69 Å². The van der Waals surface area contributed by atoms with E-state index in [9.17, 15) is 9.59 Å². The monoisotopic (exact) mass is 351 g/mol. The van der Waals surface area contributed by atoms with Crippen molar-refractivity contribution < 1.29 is 9.59 Å². The molecule has 0 radical (unpaired) electrons. The van der Waals surface area contributed by atoms with Crippen LogP contribution in [0, 0.1) is 0 Å². The summed E-state index contributed by atoms with van der Waals surface area (Å²) in [6.45, 7) is 0.409. The van der Waals surface area contributed by atoms with Crippen LogP contribution >= 0.6 is 23.2 Å². The number of nitrogens with one attached hydrogen (secondary N) is 1. The Morgan fingerprint density at radius 3 is 2.35 bits per heavy atom. The van der Waals surface area contributed by atoms with E-state index in [1.165, 1.54) is 4.90 Å². The van der Waals surface area contributed by atoms with Crippen LogP contribution in [0.3, 0.4) is 0 Å². The van der Waals surface area contributed by atoms with E-state index < -0.39 is 11.8 Å². The molecule has 0 spiro atoms. The van der Waals surface area contributed by atoms with Crippen molar-refractivity contribution in [1.29, 1.82) is 0 Å². The fraction of sp³-hybridized carbons (Fsp3) is 0.188. The van der Waals surface area contributed by atoms with Gasteiger partial charge in [0.2, 0.25) is 0 Å². The first-order chi connectivity index (χ1) is 11.0. The first-order valence-electron chi connectivity index (χ1n) is 6.88. The molecule has 1 aromatic heterocycles. The summed E-state index contributed by atoms with van der Waals surface area (Å²) >= 11 is 11.9. The molecule has 1 aromatic carbocycles.